The molecular formula is C35H43N7O5. The van der Waals surface area contributed by atoms with E-state index in [1.165, 1.54) is 0 Å². The highest BCUT2D eigenvalue weighted by Crippen LogP contribution is 2.21. The molecular weight excluding hydrogens is 598 g/mol. The van der Waals surface area contributed by atoms with Crippen molar-refractivity contribution in [1.82, 2.24) is 30.9 Å². The molecule has 0 fully saturated rings. The first kappa shape index (κ1) is 36.0. The predicted octanol–water partition coefficient (Wildman–Crippen LogP) is 3.97. The molecule has 0 aliphatic rings. The highest BCUT2D eigenvalue weighted by molar-refractivity contribution is 5.92. The molecule has 0 unspecified atom stereocenters. The quantitative estimate of drug-likeness (QED) is 0.112. The van der Waals surface area contributed by atoms with E-state index in [-0.39, 0.29) is 24.3 Å². The molecule has 3 aromatic rings. The third-order valence-corrected chi connectivity index (χ3v) is 6.42. The number of benzene rings is 2. The lowest BCUT2D eigenvalue weighted by Crippen LogP contribution is -2.28. The average molecular weight is 642 g/mol. The van der Waals surface area contributed by atoms with Gasteiger partial charge in [-0.05, 0) is 57.0 Å². The Morgan fingerprint density at radius 3 is 1.81 bits per heavy atom. The van der Waals surface area contributed by atoms with Crippen molar-refractivity contribution in [3.63, 3.8) is 0 Å². The van der Waals surface area contributed by atoms with Gasteiger partial charge >= 0.3 is 0 Å². The standard InChI is InChI=1S/C35H43N7O5/c1-23(2)32(43)36-15-9-14-30-40-31(21-26-10-7-12-28(20-26)46-18-16-37-33(44)24(3)4)42-35(41-30)39-27-11-8-13-29(22-27)47-19-17-38-34(45)25(5)6/h7-8,10-13,20,22H,1,3,5,9,14-19,21H2,2,4,6H3,(H,36,43)(H,37,44)(H,38,45)(H,39,40,41,42). The second-order valence-electron chi connectivity index (χ2n) is 10.9. The highest BCUT2D eigenvalue weighted by Gasteiger charge is 2.11. The van der Waals surface area contributed by atoms with Gasteiger partial charge in [-0.25, -0.2) is 4.98 Å². The van der Waals surface area contributed by atoms with Crippen LogP contribution in [0, 0.1) is 0 Å². The lowest BCUT2D eigenvalue weighted by molar-refractivity contribution is -0.118. The van der Waals surface area contributed by atoms with Crippen LogP contribution < -0.4 is 30.7 Å². The molecule has 1 aromatic heterocycles. The Bertz CT molecular complexity index is 1510. The molecule has 3 amide bonds. The second kappa shape index (κ2) is 18.4. The zero-order valence-corrected chi connectivity index (χ0v) is 27.3. The molecule has 0 saturated heterocycles. The van der Waals surface area contributed by atoms with E-state index in [9.17, 15) is 14.4 Å². The topological polar surface area (TPSA) is 156 Å². The number of aryl methyl sites for hydroxylation is 1. The van der Waals surface area contributed by atoms with Gasteiger partial charge in [-0.1, -0.05) is 37.9 Å². The maximum absolute atomic E-state index is 11.9. The van der Waals surface area contributed by atoms with Gasteiger partial charge in [0.25, 0.3) is 0 Å². The minimum Gasteiger partial charge on any atom is -0.492 e. The van der Waals surface area contributed by atoms with E-state index in [0.29, 0.717) is 97.0 Å². The zero-order valence-electron chi connectivity index (χ0n) is 27.3. The van der Waals surface area contributed by atoms with Crippen molar-refractivity contribution in [2.45, 2.75) is 40.0 Å². The second-order valence-corrected chi connectivity index (χ2v) is 10.9. The van der Waals surface area contributed by atoms with Gasteiger partial charge in [-0.3, -0.25) is 14.4 Å². The lowest BCUT2D eigenvalue weighted by atomic mass is 10.1. The van der Waals surface area contributed by atoms with Crippen LogP contribution in [-0.2, 0) is 27.2 Å². The first-order valence-electron chi connectivity index (χ1n) is 15.3. The van der Waals surface area contributed by atoms with Gasteiger partial charge < -0.3 is 30.7 Å². The van der Waals surface area contributed by atoms with Crippen LogP contribution in [0.5, 0.6) is 11.5 Å². The van der Waals surface area contributed by atoms with E-state index in [1.54, 1.807) is 20.8 Å². The number of carbonyl (C=O) groups is 3. The van der Waals surface area contributed by atoms with E-state index in [0.717, 1.165) is 5.56 Å². The minimum absolute atomic E-state index is 0.190. The largest absolute Gasteiger partial charge is 0.492 e. The molecule has 1 heterocycles. The van der Waals surface area contributed by atoms with Crippen LogP contribution in [0.3, 0.4) is 0 Å². The molecule has 12 nitrogen and oxygen atoms in total. The first-order valence-corrected chi connectivity index (χ1v) is 15.3. The number of amides is 3. The summed E-state index contributed by atoms with van der Waals surface area (Å²) in [5.74, 6) is 2.14. The molecule has 2 aromatic carbocycles. The summed E-state index contributed by atoms with van der Waals surface area (Å²) in [6.45, 7) is 17.6. The van der Waals surface area contributed by atoms with Crippen molar-refractivity contribution in [3.8, 4) is 11.5 Å². The Balaban J connectivity index is 1.71. The molecule has 3 rings (SSSR count). The Hall–Kier alpha value is -5.52. The molecule has 0 aliphatic carbocycles. The fourth-order valence-electron chi connectivity index (χ4n) is 4.00. The predicted molar refractivity (Wildman–Crippen MR) is 182 cm³/mol. The van der Waals surface area contributed by atoms with Gasteiger partial charge in [0.15, 0.2) is 0 Å². The SMILES string of the molecule is C=C(C)C(=O)NCCCc1nc(Cc2cccc(OCCNC(=O)C(=C)C)c2)nc(Nc2cccc(OCCNC(=O)C(=C)C)c2)n1. The van der Waals surface area contributed by atoms with E-state index in [2.05, 4.69) is 51.0 Å². The van der Waals surface area contributed by atoms with Crippen molar-refractivity contribution in [2.75, 3.05) is 38.2 Å². The summed E-state index contributed by atoms with van der Waals surface area (Å²) >= 11 is 0. The van der Waals surface area contributed by atoms with Gasteiger partial charge in [-0.2, -0.15) is 9.97 Å². The summed E-state index contributed by atoms with van der Waals surface area (Å²) in [4.78, 5) is 49.3. The summed E-state index contributed by atoms with van der Waals surface area (Å²) in [5.41, 5.74) is 2.96. The summed E-state index contributed by atoms with van der Waals surface area (Å²) in [6.07, 6.45) is 1.55. The van der Waals surface area contributed by atoms with E-state index >= 15 is 0 Å². The summed E-state index contributed by atoms with van der Waals surface area (Å²) < 4.78 is 11.6. The molecule has 12 heteroatoms. The van der Waals surface area contributed by atoms with Gasteiger partial charge in [0.1, 0.15) is 36.4 Å². The first-order chi connectivity index (χ1) is 22.5. The maximum Gasteiger partial charge on any atom is 0.246 e. The molecule has 0 saturated carbocycles. The van der Waals surface area contributed by atoms with E-state index in [4.69, 9.17) is 14.5 Å². The number of aromatic nitrogens is 3. The maximum atomic E-state index is 11.9. The Kier molecular flexibility index (Phi) is 14.1. The molecule has 0 radical (unpaired) electrons. The van der Waals surface area contributed by atoms with Crippen molar-refractivity contribution in [2.24, 2.45) is 0 Å². The monoisotopic (exact) mass is 641 g/mol. The molecule has 0 aliphatic heterocycles. The lowest BCUT2D eigenvalue weighted by Gasteiger charge is -2.12. The number of carbonyl (C=O) groups excluding carboxylic acids is 3. The van der Waals surface area contributed by atoms with Gasteiger partial charge in [0.2, 0.25) is 23.7 Å². The Labute approximate surface area is 275 Å². The molecule has 47 heavy (non-hydrogen) atoms. The van der Waals surface area contributed by atoms with Crippen molar-refractivity contribution >= 4 is 29.4 Å². The van der Waals surface area contributed by atoms with Gasteiger partial charge in [-0.15, -0.1) is 0 Å². The van der Waals surface area contributed by atoms with Gasteiger partial charge in [0.05, 0.1) is 13.1 Å². The summed E-state index contributed by atoms with van der Waals surface area (Å²) in [5, 5.41) is 11.6. The molecule has 4 N–H and O–H groups in total. The Morgan fingerprint density at radius 2 is 1.21 bits per heavy atom. The van der Waals surface area contributed by atoms with Crippen LogP contribution >= 0.6 is 0 Å². The number of ether oxygens (including phenoxy) is 2. The number of hydrogen-bond acceptors (Lipinski definition) is 9. The van der Waals surface area contributed by atoms with Crippen LogP contribution in [0.4, 0.5) is 11.6 Å². The van der Waals surface area contributed by atoms with Gasteiger partial charge in [0, 0.05) is 47.9 Å². The molecule has 0 atom stereocenters. The van der Waals surface area contributed by atoms with Crippen LogP contribution in [-0.4, -0.2) is 65.5 Å². The van der Waals surface area contributed by atoms with Crippen molar-refractivity contribution in [3.05, 3.63) is 102 Å². The normalized spacial score (nSPS) is 10.4. The van der Waals surface area contributed by atoms with E-state index in [1.807, 2.05) is 48.5 Å². The summed E-state index contributed by atoms with van der Waals surface area (Å²) in [6, 6.07) is 14.9. The number of nitrogens with zero attached hydrogens (tertiary/aromatic N) is 3. The number of rotatable bonds is 19. The smallest absolute Gasteiger partial charge is 0.246 e. The average Bonchev–Trinajstić information content (AvgIpc) is 3.03. The summed E-state index contributed by atoms with van der Waals surface area (Å²) in [7, 11) is 0. The Morgan fingerprint density at radius 1 is 0.681 bits per heavy atom. The van der Waals surface area contributed by atoms with Crippen LogP contribution in [0.25, 0.3) is 0 Å². The number of nitrogens with one attached hydrogen (secondary N) is 4. The molecule has 248 valence electrons. The number of hydrogen-bond donors (Lipinski definition) is 4. The number of anilines is 2. The third kappa shape index (κ3) is 13.2. The fourth-order valence-corrected chi connectivity index (χ4v) is 4.00. The molecule has 0 spiro atoms. The van der Waals surface area contributed by atoms with Crippen molar-refractivity contribution < 1.29 is 23.9 Å². The van der Waals surface area contributed by atoms with Crippen LogP contribution in [0.15, 0.2) is 85.0 Å². The highest BCUT2D eigenvalue weighted by atomic mass is 16.5. The minimum atomic E-state index is -0.216. The molecule has 0 bridgehead atoms. The fraction of sp³-hybridized carbons (Fsp3) is 0.314. The van der Waals surface area contributed by atoms with Crippen LogP contribution in [0.2, 0.25) is 0 Å². The third-order valence-electron chi connectivity index (χ3n) is 6.42. The zero-order chi connectivity index (χ0) is 34.2. The van der Waals surface area contributed by atoms with Crippen molar-refractivity contribution in [1.29, 1.82) is 0 Å². The van der Waals surface area contributed by atoms with E-state index < -0.39 is 0 Å². The van der Waals surface area contributed by atoms with Crippen LogP contribution in [0.1, 0.15) is 44.4 Å².